The van der Waals surface area contributed by atoms with E-state index >= 15 is 0 Å². The number of fused-ring (bicyclic) bond motifs is 1. The third-order valence-electron chi connectivity index (χ3n) is 1.93. The number of thioether (sulfide) groups is 1. The van der Waals surface area contributed by atoms with Crippen molar-refractivity contribution in [2.45, 2.75) is 11.8 Å². The number of benzene rings is 1. The van der Waals surface area contributed by atoms with Crippen molar-refractivity contribution >= 4 is 38.6 Å². The second kappa shape index (κ2) is 3.76. The topological polar surface area (TPSA) is 15.8 Å². The van der Waals surface area contributed by atoms with Crippen LogP contribution in [0.4, 0.5) is 0 Å². The van der Waals surface area contributed by atoms with Crippen molar-refractivity contribution in [1.29, 1.82) is 0 Å². The number of nitrogens with one attached hydrogen (secondary N) is 1. The van der Waals surface area contributed by atoms with E-state index in [0.29, 0.717) is 0 Å². The number of aromatic nitrogens is 1. The molecule has 0 aliphatic rings. The van der Waals surface area contributed by atoms with Gasteiger partial charge in [-0.15, -0.1) is 11.8 Å². The molecular weight excluding hydrogens is 246 g/mol. The van der Waals surface area contributed by atoms with Gasteiger partial charge in [-0.25, -0.2) is 0 Å². The van der Waals surface area contributed by atoms with Crippen LogP contribution in [0.5, 0.6) is 0 Å². The molecule has 3 heteroatoms. The molecule has 0 amide bonds. The van der Waals surface area contributed by atoms with Gasteiger partial charge in [0.2, 0.25) is 0 Å². The molecule has 1 heterocycles. The number of aromatic amines is 1. The van der Waals surface area contributed by atoms with Crippen LogP contribution < -0.4 is 0 Å². The molecule has 68 valence electrons. The number of para-hydroxylation sites is 1. The third kappa shape index (κ3) is 1.63. The molecule has 0 aliphatic heterocycles. The summed E-state index contributed by atoms with van der Waals surface area (Å²) in [5.74, 6) is 1.11. The lowest BCUT2D eigenvalue weighted by molar-refractivity contribution is 1.40. The standard InChI is InChI=1S/C10H10BrNS/c1-2-13-9-6-12-10-7(9)4-3-5-8(10)11/h3-6,12H,2H2,1H3. The quantitative estimate of drug-likeness (QED) is 0.801. The van der Waals surface area contributed by atoms with Crippen LogP contribution in [0.3, 0.4) is 0 Å². The van der Waals surface area contributed by atoms with Crippen molar-refractivity contribution in [2.24, 2.45) is 0 Å². The second-order valence-electron chi connectivity index (χ2n) is 2.75. The Morgan fingerprint density at radius 2 is 2.31 bits per heavy atom. The molecule has 2 rings (SSSR count). The van der Waals surface area contributed by atoms with Crippen LogP contribution >= 0.6 is 27.7 Å². The molecule has 0 fully saturated rings. The molecule has 0 saturated heterocycles. The van der Waals surface area contributed by atoms with Gasteiger partial charge in [0.15, 0.2) is 0 Å². The van der Waals surface area contributed by atoms with E-state index in [1.54, 1.807) is 0 Å². The predicted molar refractivity (Wildman–Crippen MR) is 62.4 cm³/mol. The first-order valence-electron chi connectivity index (χ1n) is 4.21. The van der Waals surface area contributed by atoms with Crippen molar-refractivity contribution < 1.29 is 0 Å². The Balaban J connectivity index is 2.61. The number of hydrogen-bond donors (Lipinski definition) is 1. The fourth-order valence-electron chi connectivity index (χ4n) is 1.37. The summed E-state index contributed by atoms with van der Waals surface area (Å²) in [6.45, 7) is 2.17. The van der Waals surface area contributed by atoms with Crippen LogP contribution in [0.25, 0.3) is 10.9 Å². The van der Waals surface area contributed by atoms with Crippen LogP contribution in [-0.2, 0) is 0 Å². The highest BCUT2D eigenvalue weighted by molar-refractivity contribution is 9.10. The van der Waals surface area contributed by atoms with Crippen molar-refractivity contribution in [3.8, 4) is 0 Å². The maximum atomic E-state index is 3.52. The van der Waals surface area contributed by atoms with Crippen LogP contribution in [0.1, 0.15) is 6.92 Å². The van der Waals surface area contributed by atoms with Gasteiger partial charge in [-0.05, 0) is 27.7 Å². The molecule has 0 atom stereocenters. The van der Waals surface area contributed by atoms with Crippen molar-refractivity contribution in [2.75, 3.05) is 5.75 Å². The maximum Gasteiger partial charge on any atom is 0.0609 e. The zero-order chi connectivity index (χ0) is 9.26. The first kappa shape index (κ1) is 9.16. The minimum absolute atomic E-state index is 1.11. The Bertz CT molecular complexity index is 422. The third-order valence-corrected chi connectivity index (χ3v) is 3.52. The Kier molecular flexibility index (Phi) is 2.65. The van der Waals surface area contributed by atoms with Gasteiger partial charge in [-0.2, -0.15) is 0 Å². The molecule has 1 aromatic carbocycles. The minimum Gasteiger partial charge on any atom is -0.359 e. The van der Waals surface area contributed by atoms with E-state index < -0.39 is 0 Å². The summed E-state index contributed by atoms with van der Waals surface area (Å²) in [4.78, 5) is 4.61. The van der Waals surface area contributed by atoms with Gasteiger partial charge in [0.25, 0.3) is 0 Å². The van der Waals surface area contributed by atoms with Gasteiger partial charge < -0.3 is 4.98 Å². The van der Waals surface area contributed by atoms with E-state index in [9.17, 15) is 0 Å². The minimum atomic E-state index is 1.11. The Morgan fingerprint density at radius 1 is 1.46 bits per heavy atom. The molecule has 0 unspecified atom stereocenters. The van der Waals surface area contributed by atoms with Crippen molar-refractivity contribution in [1.82, 2.24) is 4.98 Å². The highest BCUT2D eigenvalue weighted by atomic mass is 79.9. The molecule has 1 N–H and O–H groups in total. The number of H-pyrrole nitrogens is 1. The summed E-state index contributed by atoms with van der Waals surface area (Å²) in [7, 11) is 0. The molecule has 0 bridgehead atoms. The van der Waals surface area contributed by atoms with E-state index in [1.807, 2.05) is 11.8 Å². The van der Waals surface area contributed by atoms with E-state index in [1.165, 1.54) is 15.8 Å². The molecule has 0 radical (unpaired) electrons. The van der Waals surface area contributed by atoms with Gasteiger partial charge in [0.05, 0.1) is 5.52 Å². The lowest BCUT2D eigenvalue weighted by atomic mass is 10.2. The highest BCUT2D eigenvalue weighted by Gasteiger charge is 2.04. The highest BCUT2D eigenvalue weighted by Crippen LogP contribution is 2.31. The second-order valence-corrected chi connectivity index (χ2v) is 4.91. The lowest BCUT2D eigenvalue weighted by Gasteiger charge is -1.96. The summed E-state index contributed by atoms with van der Waals surface area (Å²) in [5, 5.41) is 1.31. The molecule has 0 spiro atoms. The zero-order valence-electron chi connectivity index (χ0n) is 7.30. The first-order valence-corrected chi connectivity index (χ1v) is 5.99. The predicted octanol–water partition coefficient (Wildman–Crippen LogP) is 4.04. The van der Waals surface area contributed by atoms with Crippen LogP contribution in [0, 0.1) is 0 Å². The van der Waals surface area contributed by atoms with E-state index in [0.717, 1.165) is 10.2 Å². The van der Waals surface area contributed by atoms with Gasteiger partial charge in [0, 0.05) is 21.0 Å². The number of rotatable bonds is 2. The van der Waals surface area contributed by atoms with Crippen LogP contribution in [-0.4, -0.2) is 10.7 Å². The Morgan fingerprint density at radius 3 is 3.08 bits per heavy atom. The summed E-state index contributed by atoms with van der Waals surface area (Å²) in [6, 6.07) is 6.27. The zero-order valence-corrected chi connectivity index (χ0v) is 9.71. The van der Waals surface area contributed by atoms with Crippen molar-refractivity contribution in [3.63, 3.8) is 0 Å². The average Bonchev–Trinajstić information content (AvgIpc) is 2.51. The summed E-state index contributed by atoms with van der Waals surface area (Å²) < 4.78 is 1.13. The molecule has 1 nitrogen and oxygen atoms in total. The summed E-state index contributed by atoms with van der Waals surface area (Å²) >= 11 is 5.39. The normalized spacial score (nSPS) is 10.9. The first-order chi connectivity index (χ1) is 6.33. The SMILES string of the molecule is CCSc1c[nH]c2c(Br)cccc12. The molecule has 2 aromatic rings. The van der Waals surface area contributed by atoms with E-state index in [2.05, 4.69) is 52.2 Å². The lowest BCUT2D eigenvalue weighted by Crippen LogP contribution is -1.71. The molecule has 1 aromatic heterocycles. The van der Waals surface area contributed by atoms with E-state index in [-0.39, 0.29) is 0 Å². The van der Waals surface area contributed by atoms with E-state index in [4.69, 9.17) is 0 Å². The fourth-order valence-corrected chi connectivity index (χ4v) is 2.63. The summed E-state index contributed by atoms with van der Waals surface area (Å²) in [6.07, 6.45) is 2.07. The van der Waals surface area contributed by atoms with Crippen molar-refractivity contribution in [3.05, 3.63) is 28.9 Å². The largest absolute Gasteiger partial charge is 0.359 e. The van der Waals surface area contributed by atoms with Gasteiger partial charge >= 0.3 is 0 Å². The monoisotopic (exact) mass is 255 g/mol. The van der Waals surface area contributed by atoms with Crippen LogP contribution in [0.15, 0.2) is 33.8 Å². The molecule has 13 heavy (non-hydrogen) atoms. The summed E-state index contributed by atoms with van der Waals surface area (Å²) in [5.41, 5.74) is 1.19. The van der Waals surface area contributed by atoms with Crippen LogP contribution in [0.2, 0.25) is 0 Å². The molecule has 0 aliphatic carbocycles. The number of hydrogen-bond acceptors (Lipinski definition) is 1. The van der Waals surface area contributed by atoms with Gasteiger partial charge in [0.1, 0.15) is 0 Å². The molecular formula is C10H10BrNS. The van der Waals surface area contributed by atoms with Gasteiger partial charge in [-0.1, -0.05) is 19.1 Å². The Hall–Kier alpha value is -0.410. The molecule has 0 saturated carbocycles. The Labute approximate surface area is 90.0 Å². The number of halogens is 1. The van der Waals surface area contributed by atoms with Gasteiger partial charge in [-0.3, -0.25) is 0 Å². The smallest absolute Gasteiger partial charge is 0.0609 e. The maximum absolute atomic E-state index is 3.52. The fraction of sp³-hybridized carbons (Fsp3) is 0.200. The average molecular weight is 256 g/mol.